The van der Waals surface area contributed by atoms with Gasteiger partial charge < -0.3 is 16.5 Å². The lowest BCUT2D eigenvalue weighted by molar-refractivity contribution is 0.274. The molecule has 0 aliphatic carbocycles. The number of rotatable bonds is 2. The van der Waals surface area contributed by atoms with E-state index < -0.39 is 35.7 Å². The zero-order chi connectivity index (χ0) is 17.2. The van der Waals surface area contributed by atoms with E-state index in [0.717, 1.165) is 10.4 Å². The molecule has 0 N–H and O–H groups in total. The van der Waals surface area contributed by atoms with E-state index in [2.05, 4.69) is 50.5 Å². The predicted octanol–water partition coefficient (Wildman–Crippen LogP) is 1.73. The molecule has 1 fully saturated rings. The Labute approximate surface area is 149 Å². The van der Waals surface area contributed by atoms with Gasteiger partial charge in [-0.2, -0.15) is 0 Å². The van der Waals surface area contributed by atoms with Crippen molar-refractivity contribution in [3.63, 3.8) is 0 Å². The monoisotopic (exact) mass is 392 g/mol. The molecule has 3 rings (SSSR count). The Kier molecular flexibility index (Phi) is 5.37. The first kappa shape index (κ1) is 18.0. The van der Waals surface area contributed by atoms with Crippen LogP contribution in [-0.2, 0) is 16.5 Å². The molecular weight excluding hydrogens is 369 g/mol. The molecule has 1 saturated heterocycles. The van der Waals surface area contributed by atoms with E-state index >= 15 is 0 Å². The summed E-state index contributed by atoms with van der Waals surface area (Å²) in [5.74, 6) is 0. The molecule has 1 aliphatic heterocycles. The highest BCUT2D eigenvalue weighted by molar-refractivity contribution is 6.94. The van der Waals surface area contributed by atoms with Crippen molar-refractivity contribution in [1.82, 2.24) is 0 Å². The van der Waals surface area contributed by atoms with Crippen molar-refractivity contribution in [2.45, 2.75) is 26.2 Å². The van der Waals surface area contributed by atoms with Gasteiger partial charge in [0.15, 0.2) is 0 Å². The van der Waals surface area contributed by atoms with Crippen LogP contribution in [-0.4, -0.2) is 35.7 Å². The van der Waals surface area contributed by atoms with Gasteiger partial charge in [0.1, 0.15) is 0 Å². The highest BCUT2D eigenvalue weighted by atomic mass is 28.5. The van der Waals surface area contributed by atoms with Crippen LogP contribution in [0.2, 0.25) is 26.2 Å². The van der Waals surface area contributed by atoms with Crippen LogP contribution < -0.4 is 10.4 Å². The van der Waals surface area contributed by atoms with Crippen LogP contribution in [0.25, 0.3) is 0 Å². The van der Waals surface area contributed by atoms with E-state index in [1.165, 1.54) is 0 Å². The van der Waals surface area contributed by atoms with Gasteiger partial charge in [-0.05, 0) is 36.6 Å². The van der Waals surface area contributed by atoms with E-state index in [4.69, 9.17) is 16.5 Å². The zero-order valence-corrected chi connectivity index (χ0v) is 18.9. The van der Waals surface area contributed by atoms with Gasteiger partial charge >= 0.3 is 35.7 Å². The highest BCUT2D eigenvalue weighted by Crippen LogP contribution is 2.21. The van der Waals surface area contributed by atoms with Crippen molar-refractivity contribution in [1.29, 1.82) is 0 Å². The first-order valence-electron chi connectivity index (χ1n) is 8.24. The molecule has 0 radical (unpaired) electrons. The normalized spacial score (nSPS) is 34.3. The molecule has 0 bridgehead atoms. The third-order valence-electron chi connectivity index (χ3n) is 4.16. The van der Waals surface area contributed by atoms with E-state index in [1.807, 2.05) is 36.4 Å². The maximum atomic E-state index is 6.47. The summed E-state index contributed by atoms with van der Waals surface area (Å²) in [5.41, 5.74) is 0. The van der Waals surface area contributed by atoms with E-state index in [9.17, 15) is 0 Å². The molecule has 0 atom stereocenters. The third kappa shape index (κ3) is 3.86. The molecule has 4 nitrogen and oxygen atoms in total. The van der Waals surface area contributed by atoms with E-state index in [1.54, 1.807) is 0 Å². The number of hydrogen-bond acceptors (Lipinski definition) is 4. The molecule has 8 heteroatoms. The second-order valence-corrected chi connectivity index (χ2v) is 17.2. The van der Waals surface area contributed by atoms with E-state index in [-0.39, 0.29) is 0 Å². The fourth-order valence-electron chi connectivity index (χ4n) is 3.12. The minimum atomic E-state index is -2.49. The standard InChI is InChI=1S/C16H24O4Si4/c1-21-17-23(3,15-11-7-5-8-12-15)19-22(2)20-24(4,18-21)16-13-9-6-10-14-16/h5-14,21-22H,1-4H3. The fourth-order valence-corrected chi connectivity index (χ4v) is 19.7. The van der Waals surface area contributed by atoms with Gasteiger partial charge in [-0.1, -0.05) is 60.7 Å². The maximum absolute atomic E-state index is 6.47. The van der Waals surface area contributed by atoms with Crippen molar-refractivity contribution < 1.29 is 16.5 Å². The van der Waals surface area contributed by atoms with Crippen LogP contribution in [0.3, 0.4) is 0 Å². The van der Waals surface area contributed by atoms with Crippen LogP contribution in [0.15, 0.2) is 60.7 Å². The van der Waals surface area contributed by atoms with Crippen LogP contribution in [0.5, 0.6) is 0 Å². The summed E-state index contributed by atoms with van der Waals surface area (Å²) in [5, 5.41) is 2.28. The van der Waals surface area contributed by atoms with Crippen LogP contribution in [0.4, 0.5) is 0 Å². The van der Waals surface area contributed by atoms with Gasteiger partial charge in [0.05, 0.1) is 0 Å². The van der Waals surface area contributed by atoms with E-state index in [0.29, 0.717) is 0 Å². The van der Waals surface area contributed by atoms with Gasteiger partial charge in [-0.3, -0.25) is 0 Å². The quantitative estimate of drug-likeness (QED) is 0.730. The van der Waals surface area contributed by atoms with Gasteiger partial charge in [-0.15, -0.1) is 0 Å². The second-order valence-electron chi connectivity index (χ2n) is 6.23. The van der Waals surface area contributed by atoms with Gasteiger partial charge in [0.2, 0.25) is 0 Å². The first-order chi connectivity index (χ1) is 11.4. The molecule has 2 aromatic rings. The summed E-state index contributed by atoms with van der Waals surface area (Å²) in [4.78, 5) is 0. The largest absolute Gasteiger partial charge is 0.415 e. The molecular formula is C16H24O4Si4. The lowest BCUT2D eigenvalue weighted by Gasteiger charge is -2.41. The first-order valence-corrected chi connectivity index (χ1v) is 17.1. The van der Waals surface area contributed by atoms with Crippen LogP contribution in [0.1, 0.15) is 0 Å². The second kappa shape index (κ2) is 7.18. The summed E-state index contributed by atoms with van der Waals surface area (Å²) in [7, 11) is -8.76. The summed E-state index contributed by atoms with van der Waals surface area (Å²) < 4.78 is 25.9. The molecule has 24 heavy (non-hydrogen) atoms. The van der Waals surface area contributed by atoms with Crippen molar-refractivity contribution in [3.8, 4) is 0 Å². The Bertz CT molecular complexity index is 599. The molecule has 0 spiro atoms. The lowest BCUT2D eigenvalue weighted by atomic mass is 10.4. The topological polar surface area (TPSA) is 36.9 Å². The Balaban J connectivity index is 1.89. The van der Waals surface area contributed by atoms with Crippen LogP contribution in [0, 0.1) is 0 Å². The maximum Gasteiger partial charge on any atom is 0.351 e. The smallest absolute Gasteiger partial charge is 0.351 e. The van der Waals surface area contributed by atoms with Crippen molar-refractivity contribution in [2.75, 3.05) is 0 Å². The molecule has 128 valence electrons. The number of hydrogen-bond donors (Lipinski definition) is 0. The molecule has 2 aromatic carbocycles. The van der Waals surface area contributed by atoms with Crippen LogP contribution >= 0.6 is 0 Å². The summed E-state index contributed by atoms with van der Waals surface area (Å²) in [6.07, 6.45) is 0. The molecule has 0 unspecified atom stereocenters. The minimum Gasteiger partial charge on any atom is -0.415 e. The molecule has 0 saturated carbocycles. The summed E-state index contributed by atoms with van der Waals surface area (Å²) in [6, 6.07) is 20.5. The lowest BCUT2D eigenvalue weighted by Crippen LogP contribution is -2.65. The predicted molar refractivity (Wildman–Crippen MR) is 106 cm³/mol. The SMILES string of the molecule is C[SiH]1O[Si](C)(c2ccccc2)O[SiH](C)O[Si](C)(c2ccccc2)O1. The van der Waals surface area contributed by atoms with Crippen molar-refractivity contribution in [3.05, 3.63) is 60.7 Å². The zero-order valence-electron chi connectivity index (χ0n) is 14.6. The molecule has 1 heterocycles. The average molecular weight is 393 g/mol. The Morgan fingerprint density at radius 3 is 1.17 bits per heavy atom. The van der Waals surface area contributed by atoms with Gasteiger partial charge in [-0.25, -0.2) is 0 Å². The molecule has 0 amide bonds. The highest BCUT2D eigenvalue weighted by Gasteiger charge is 2.47. The number of benzene rings is 2. The Morgan fingerprint density at radius 1 is 0.583 bits per heavy atom. The summed E-state index contributed by atoms with van der Waals surface area (Å²) in [6.45, 7) is 8.36. The average Bonchev–Trinajstić information content (AvgIpc) is 2.54. The third-order valence-corrected chi connectivity index (χ3v) is 19.4. The molecule has 1 aliphatic rings. The minimum absolute atomic E-state index is 1.14. The van der Waals surface area contributed by atoms with Crippen molar-refractivity contribution >= 4 is 46.1 Å². The summed E-state index contributed by atoms with van der Waals surface area (Å²) >= 11 is 0. The Morgan fingerprint density at radius 2 is 0.875 bits per heavy atom. The Hall–Kier alpha value is -0.852. The van der Waals surface area contributed by atoms with Gasteiger partial charge in [0.25, 0.3) is 0 Å². The van der Waals surface area contributed by atoms with Gasteiger partial charge in [0, 0.05) is 0 Å². The fraction of sp³-hybridized carbons (Fsp3) is 0.250. The van der Waals surface area contributed by atoms with Crippen molar-refractivity contribution in [2.24, 2.45) is 0 Å². The molecule has 0 aromatic heterocycles.